The minimum absolute atomic E-state index is 0.0746. The van der Waals surface area contributed by atoms with Crippen molar-refractivity contribution in [2.75, 3.05) is 6.54 Å². The van der Waals surface area contributed by atoms with Crippen LogP contribution in [0, 0.1) is 11.7 Å². The molecule has 2 unspecified atom stereocenters. The van der Waals surface area contributed by atoms with Gasteiger partial charge in [-0.2, -0.15) is 0 Å². The van der Waals surface area contributed by atoms with Gasteiger partial charge >= 0.3 is 0 Å². The van der Waals surface area contributed by atoms with Gasteiger partial charge in [-0.1, -0.05) is 32.4 Å². The predicted octanol–water partition coefficient (Wildman–Crippen LogP) is 3.35. The Morgan fingerprint density at radius 2 is 2.00 bits per heavy atom. The van der Waals surface area contributed by atoms with Crippen LogP contribution in [0.5, 0.6) is 0 Å². The number of nitrogens with one attached hydrogen (secondary N) is 2. The number of H-pyrrole nitrogens is 1. The zero-order chi connectivity index (χ0) is 17.0. The number of benzene rings is 1. The third-order valence-electron chi connectivity index (χ3n) is 4.43. The van der Waals surface area contributed by atoms with Crippen LogP contribution in [0.3, 0.4) is 0 Å². The van der Waals surface area contributed by atoms with Crippen molar-refractivity contribution in [2.45, 2.75) is 32.8 Å². The van der Waals surface area contributed by atoms with E-state index < -0.39 is 5.60 Å². The van der Waals surface area contributed by atoms with Gasteiger partial charge in [0.1, 0.15) is 5.82 Å². The molecule has 0 saturated carbocycles. The van der Waals surface area contributed by atoms with Crippen LogP contribution in [0.1, 0.15) is 37.6 Å². The first-order valence-corrected chi connectivity index (χ1v) is 7.78. The van der Waals surface area contributed by atoms with E-state index in [-0.39, 0.29) is 24.2 Å². The Morgan fingerprint density at radius 1 is 1.35 bits per heavy atom. The number of hydrogen-bond donors (Lipinski definition) is 3. The zero-order valence-corrected chi connectivity index (χ0v) is 13.7. The van der Waals surface area contributed by atoms with Crippen LogP contribution in [-0.2, 0) is 0 Å². The largest absolute Gasteiger partial charge is 0.388 e. The van der Waals surface area contributed by atoms with Crippen LogP contribution in [-0.4, -0.2) is 28.1 Å². The van der Waals surface area contributed by atoms with Crippen LogP contribution in [0.25, 0.3) is 11.1 Å². The topological polar surface area (TPSA) is 65.1 Å². The van der Waals surface area contributed by atoms with E-state index in [1.165, 1.54) is 12.1 Å². The fourth-order valence-corrected chi connectivity index (χ4v) is 2.39. The molecule has 0 radical (unpaired) electrons. The molecule has 23 heavy (non-hydrogen) atoms. The van der Waals surface area contributed by atoms with Gasteiger partial charge in [0.2, 0.25) is 0 Å². The second kappa shape index (κ2) is 6.96. The second-order valence-corrected chi connectivity index (χ2v) is 6.14. The molecule has 2 atom stereocenters. The van der Waals surface area contributed by atoms with E-state index in [0.717, 1.165) is 12.0 Å². The maximum absolute atomic E-state index is 13.0. The molecule has 1 aromatic heterocycles. The molecule has 4 nitrogen and oxygen atoms in total. The number of aromatic amines is 1. The average Bonchev–Trinajstić information content (AvgIpc) is 3.02. The van der Waals surface area contributed by atoms with Crippen LogP contribution >= 0.6 is 0 Å². The van der Waals surface area contributed by atoms with Crippen molar-refractivity contribution in [2.24, 2.45) is 5.92 Å². The number of rotatable bonds is 6. The normalized spacial score (nSPS) is 15.0. The predicted molar refractivity (Wildman–Crippen MR) is 88.6 cm³/mol. The van der Waals surface area contributed by atoms with Gasteiger partial charge in [0.25, 0.3) is 5.91 Å². The summed E-state index contributed by atoms with van der Waals surface area (Å²) in [6.45, 7) is 5.85. The van der Waals surface area contributed by atoms with Crippen molar-refractivity contribution < 1.29 is 14.3 Å². The lowest BCUT2D eigenvalue weighted by molar-refractivity contribution is 0.00593. The average molecular weight is 318 g/mol. The van der Waals surface area contributed by atoms with Crippen LogP contribution in [0.15, 0.2) is 36.7 Å². The summed E-state index contributed by atoms with van der Waals surface area (Å²) in [5.74, 6) is -0.514. The standard InChI is InChI=1S/C18H23FN2O2/c1-4-12(2)18(3,23)11-21-17(22)16-10-20-9-15(16)13-5-7-14(19)8-6-13/h5-10,12,20,23H,4,11H2,1-3H3,(H,21,22). The molecule has 0 spiro atoms. The van der Waals surface area contributed by atoms with Crippen molar-refractivity contribution in [1.82, 2.24) is 10.3 Å². The SMILES string of the molecule is CCC(C)C(C)(O)CNC(=O)c1c[nH]cc1-c1ccc(F)cc1. The summed E-state index contributed by atoms with van der Waals surface area (Å²) in [7, 11) is 0. The number of halogens is 1. The van der Waals surface area contributed by atoms with Gasteiger partial charge in [0.15, 0.2) is 0 Å². The lowest BCUT2D eigenvalue weighted by Gasteiger charge is -2.29. The number of aromatic nitrogens is 1. The quantitative estimate of drug-likeness (QED) is 0.765. The third kappa shape index (κ3) is 3.99. The third-order valence-corrected chi connectivity index (χ3v) is 4.43. The first-order valence-electron chi connectivity index (χ1n) is 7.78. The van der Waals surface area contributed by atoms with E-state index in [0.29, 0.717) is 11.1 Å². The highest BCUT2D eigenvalue weighted by molar-refractivity contribution is 6.00. The van der Waals surface area contributed by atoms with Crippen LogP contribution < -0.4 is 5.32 Å². The van der Waals surface area contributed by atoms with Gasteiger partial charge in [-0.3, -0.25) is 4.79 Å². The zero-order valence-electron chi connectivity index (χ0n) is 13.7. The van der Waals surface area contributed by atoms with Gasteiger partial charge in [0, 0.05) is 24.5 Å². The van der Waals surface area contributed by atoms with E-state index in [1.807, 2.05) is 13.8 Å². The van der Waals surface area contributed by atoms with E-state index in [9.17, 15) is 14.3 Å². The highest BCUT2D eigenvalue weighted by Gasteiger charge is 2.28. The van der Waals surface area contributed by atoms with Crippen molar-refractivity contribution in [1.29, 1.82) is 0 Å². The lowest BCUT2D eigenvalue weighted by atomic mass is 9.88. The molecule has 1 heterocycles. The Kier molecular flexibility index (Phi) is 5.21. The molecule has 1 amide bonds. The van der Waals surface area contributed by atoms with E-state index >= 15 is 0 Å². The van der Waals surface area contributed by atoms with Gasteiger partial charge in [-0.15, -0.1) is 0 Å². The number of hydrogen-bond acceptors (Lipinski definition) is 2. The highest BCUT2D eigenvalue weighted by atomic mass is 19.1. The summed E-state index contributed by atoms with van der Waals surface area (Å²) in [5.41, 5.74) is 0.963. The van der Waals surface area contributed by atoms with Crippen molar-refractivity contribution in [3.8, 4) is 11.1 Å². The summed E-state index contributed by atoms with van der Waals surface area (Å²) in [5, 5.41) is 13.2. The molecule has 0 saturated heterocycles. The molecule has 124 valence electrons. The minimum Gasteiger partial charge on any atom is -0.388 e. The Balaban J connectivity index is 2.12. The maximum Gasteiger partial charge on any atom is 0.253 e. The number of carbonyl (C=O) groups is 1. The molecule has 2 aromatic rings. The smallest absolute Gasteiger partial charge is 0.253 e. The summed E-state index contributed by atoms with van der Waals surface area (Å²) in [6, 6.07) is 5.98. The van der Waals surface area contributed by atoms with Gasteiger partial charge < -0.3 is 15.4 Å². The van der Waals surface area contributed by atoms with Crippen LogP contribution in [0.4, 0.5) is 4.39 Å². The molecule has 1 aromatic carbocycles. The highest BCUT2D eigenvalue weighted by Crippen LogP contribution is 2.24. The number of amides is 1. The van der Waals surface area contributed by atoms with Crippen molar-refractivity contribution in [3.63, 3.8) is 0 Å². The van der Waals surface area contributed by atoms with Crippen LogP contribution in [0.2, 0.25) is 0 Å². The van der Waals surface area contributed by atoms with Gasteiger partial charge in [-0.05, 0) is 30.5 Å². The summed E-state index contributed by atoms with van der Waals surface area (Å²) < 4.78 is 13.0. The van der Waals surface area contributed by atoms with E-state index in [2.05, 4.69) is 10.3 Å². The molecule has 0 aliphatic carbocycles. The van der Waals surface area contributed by atoms with E-state index in [1.54, 1.807) is 31.5 Å². The molecule has 0 fully saturated rings. The summed E-state index contributed by atoms with van der Waals surface area (Å²) in [4.78, 5) is 15.3. The molecular formula is C18H23FN2O2. The number of carbonyl (C=O) groups excluding carboxylic acids is 1. The van der Waals surface area contributed by atoms with E-state index in [4.69, 9.17) is 0 Å². The molecule has 0 aliphatic heterocycles. The Labute approximate surface area is 135 Å². The fraction of sp³-hybridized carbons (Fsp3) is 0.389. The molecule has 0 bridgehead atoms. The molecule has 3 N–H and O–H groups in total. The maximum atomic E-state index is 13.0. The second-order valence-electron chi connectivity index (χ2n) is 6.14. The van der Waals surface area contributed by atoms with Crippen molar-refractivity contribution in [3.05, 3.63) is 48.0 Å². The fourth-order valence-electron chi connectivity index (χ4n) is 2.39. The molecular weight excluding hydrogens is 295 g/mol. The molecule has 2 rings (SSSR count). The number of aliphatic hydroxyl groups is 1. The first kappa shape index (κ1) is 17.2. The minimum atomic E-state index is -0.962. The van der Waals surface area contributed by atoms with Crippen molar-refractivity contribution >= 4 is 5.91 Å². The molecule has 5 heteroatoms. The lowest BCUT2D eigenvalue weighted by Crippen LogP contribution is -2.45. The Hall–Kier alpha value is -2.14. The molecule has 0 aliphatic rings. The summed E-state index contributed by atoms with van der Waals surface area (Å²) >= 11 is 0. The Bertz CT molecular complexity index is 662. The summed E-state index contributed by atoms with van der Waals surface area (Å²) in [6.07, 6.45) is 4.13. The van der Waals surface area contributed by atoms with Gasteiger partial charge in [-0.25, -0.2) is 4.39 Å². The Morgan fingerprint density at radius 3 is 2.61 bits per heavy atom. The monoisotopic (exact) mass is 318 g/mol. The first-order chi connectivity index (χ1) is 10.8. The van der Waals surface area contributed by atoms with Gasteiger partial charge in [0.05, 0.1) is 11.2 Å².